The molecular formula is C23H22N2O4. The van der Waals surface area contributed by atoms with Gasteiger partial charge in [-0.2, -0.15) is 5.26 Å². The minimum Gasteiger partial charge on any atom is -0.463 e. The molecule has 0 saturated heterocycles. The van der Waals surface area contributed by atoms with Crippen LogP contribution in [0, 0.1) is 17.2 Å². The average molecular weight is 390 g/mol. The molecule has 0 spiro atoms. The van der Waals surface area contributed by atoms with Crippen molar-refractivity contribution in [1.29, 1.82) is 5.26 Å². The third-order valence-corrected chi connectivity index (χ3v) is 4.59. The zero-order valence-electron chi connectivity index (χ0n) is 16.4. The normalized spacial score (nSPS) is 15.0. The Balaban J connectivity index is 1.93. The number of carbonyl (C=O) groups is 2. The molecule has 0 radical (unpaired) electrons. The highest BCUT2D eigenvalue weighted by atomic mass is 16.5. The van der Waals surface area contributed by atoms with Gasteiger partial charge in [-0.15, -0.1) is 0 Å². The van der Waals surface area contributed by atoms with E-state index in [0.717, 1.165) is 16.3 Å². The highest BCUT2D eigenvalue weighted by Crippen LogP contribution is 2.14. The van der Waals surface area contributed by atoms with Crippen molar-refractivity contribution in [3.05, 3.63) is 64.3 Å². The second-order valence-corrected chi connectivity index (χ2v) is 6.47. The van der Waals surface area contributed by atoms with Crippen LogP contribution in [0.2, 0.25) is 0 Å². The lowest BCUT2D eigenvalue weighted by molar-refractivity contribution is -0.137. The molecule has 1 aromatic carbocycles. The molecule has 1 unspecified atom stereocenters. The minimum absolute atomic E-state index is 0.0149. The number of allylic oxidation sites excluding steroid dienone is 1. The number of hydrogen-bond donors (Lipinski definition) is 0. The van der Waals surface area contributed by atoms with Crippen LogP contribution in [-0.4, -0.2) is 29.7 Å². The predicted octanol–water partition coefficient (Wildman–Crippen LogP) is 2.23. The number of esters is 2. The van der Waals surface area contributed by atoms with Gasteiger partial charge in [0.1, 0.15) is 6.07 Å². The third-order valence-electron chi connectivity index (χ3n) is 4.59. The second kappa shape index (κ2) is 9.07. The van der Waals surface area contributed by atoms with Crippen LogP contribution in [0.1, 0.15) is 36.2 Å². The Bertz CT molecular complexity index is 1100. The maximum Gasteiger partial charge on any atom is 0.338 e. The van der Waals surface area contributed by atoms with E-state index in [4.69, 9.17) is 9.47 Å². The number of rotatable bonds is 6. The van der Waals surface area contributed by atoms with Crippen LogP contribution in [0.25, 0.3) is 17.8 Å². The highest BCUT2D eigenvalue weighted by molar-refractivity contribution is 5.89. The van der Waals surface area contributed by atoms with Crippen LogP contribution in [0.3, 0.4) is 0 Å². The molecule has 0 amide bonds. The Labute approximate surface area is 169 Å². The van der Waals surface area contributed by atoms with Crippen molar-refractivity contribution in [1.82, 2.24) is 4.57 Å². The maximum absolute atomic E-state index is 11.8. The number of benzene rings is 1. The molecule has 0 fully saturated rings. The number of fused-ring (bicyclic) bond motifs is 1. The molecule has 1 aromatic heterocycles. The maximum atomic E-state index is 11.8. The summed E-state index contributed by atoms with van der Waals surface area (Å²) in [6, 6.07) is 9.31. The summed E-state index contributed by atoms with van der Waals surface area (Å²) in [5, 5.41) is 11.3. The van der Waals surface area contributed by atoms with E-state index in [-0.39, 0.29) is 17.9 Å². The van der Waals surface area contributed by atoms with Gasteiger partial charge in [0.2, 0.25) is 0 Å². The monoisotopic (exact) mass is 390 g/mol. The summed E-state index contributed by atoms with van der Waals surface area (Å²) in [6.07, 6.45) is 9.76. The summed E-state index contributed by atoms with van der Waals surface area (Å²) in [5.41, 5.74) is 1.89. The third kappa shape index (κ3) is 4.46. The molecule has 29 heavy (non-hydrogen) atoms. The van der Waals surface area contributed by atoms with Gasteiger partial charge >= 0.3 is 11.9 Å². The van der Waals surface area contributed by atoms with Gasteiger partial charge in [0.25, 0.3) is 0 Å². The predicted molar refractivity (Wildman–Crippen MR) is 109 cm³/mol. The zero-order chi connectivity index (χ0) is 20.8. The topological polar surface area (TPSA) is 81.3 Å². The summed E-state index contributed by atoms with van der Waals surface area (Å²) in [4.78, 5) is 23.4. The fraction of sp³-hybridized carbons (Fsp3) is 0.261. The van der Waals surface area contributed by atoms with Crippen molar-refractivity contribution in [2.75, 3.05) is 13.2 Å². The van der Waals surface area contributed by atoms with E-state index in [1.165, 1.54) is 6.08 Å². The first kappa shape index (κ1) is 20.2. The standard InChI is InChI=1S/C23H22N2O4/c1-3-28-22(26)12-6-16-5-11-21-20(13-16)18(14-24)15-25(21)19-9-7-17(8-10-19)23(27)29-4-2/h6-13,15-16H,3-5H2,1-2H3/b12-6+. The van der Waals surface area contributed by atoms with Crippen LogP contribution in [-0.2, 0) is 14.3 Å². The smallest absolute Gasteiger partial charge is 0.338 e. The van der Waals surface area contributed by atoms with Crippen molar-refractivity contribution in [3.63, 3.8) is 0 Å². The zero-order valence-corrected chi connectivity index (χ0v) is 16.4. The van der Waals surface area contributed by atoms with Crippen LogP contribution >= 0.6 is 0 Å². The number of nitrogens with zero attached hydrogens (tertiary/aromatic N) is 2. The summed E-state index contributed by atoms with van der Waals surface area (Å²) < 4.78 is 11.9. The van der Waals surface area contributed by atoms with E-state index in [0.29, 0.717) is 30.8 Å². The Hall–Kier alpha value is -3.59. The van der Waals surface area contributed by atoms with Gasteiger partial charge in [-0.1, -0.05) is 18.2 Å². The summed E-state index contributed by atoms with van der Waals surface area (Å²) in [7, 11) is 0. The van der Waals surface area contributed by atoms with E-state index in [2.05, 4.69) is 12.1 Å². The molecule has 1 heterocycles. The lowest BCUT2D eigenvalue weighted by Crippen LogP contribution is -2.32. The molecule has 1 aliphatic rings. The quantitative estimate of drug-likeness (QED) is 0.558. The molecule has 0 aliphatic heterocycles. The van der Waals surface area contributed by atoms with Crippen LogP contribution in [0.5, 0.6) is 0 Å². The lowest BCUT2D eigenvalue weighted by atomic mass is 9.98. The SMILES string of the molecule is CCOC(=O)/C=C/C1C=c2c(C#N)cn(-c3ccc(C(=O)OCC)cc3)c2=CC1. The van der Waals surface area contributed by atoms with Crippen LogP contribution in [0.15, 0.2) is 42.6 Å². The van der Waals surface area contributed by atoms with Gasteiger partial charge in [0.15, 0.2) is 0 Å². The first-order valence-electron chi connectivity index (χ1n) is 9.53. The number of carbonyl (C=O) groups excluding carboxylic acids is 2. The molecule has 0 bridgehead atoms. The van der Waals surface area contributed by atoms with Gasteiger partial charge in [-0.3, -0.25) is 0 Å². The molecule has 1 aliphatic carbocycles. The Morgan fingerprint density at radius 3 is 2.59 bits per heavy atom. The summed E-state index contributed by atoms with van der Waals surface area (Å²) in [5.74, 6) is -0.713. The van der Waals surface area contributed by atoms with E-state index in [1.807, 2.05) is 22.8 Å². The molecular weight excluding hydrogens is 368 g/mol. The van der Waals surface area contributed by atoms with E-state index < -0.39 is 0 Å². The fourth-order valence-corrected chi connectivity index (χ4v) is 3.25. The van der Waals surface area contributed by atoms with Crippen molar-refractivity contribution >= 4 is 24.1 Å². The van der Waals surface area contributed by atoms with E-state index >= 15 is 0 Å². The number of ether oxygens (including phenoxy) is 2. The molecule has 148 valence electrons. The van der Waals surface area contributed by atoms with Crippen molar-refractivity contribution in [2.45, 2.75) is 20.3 Å². The molecule has 6 heteroatoms. The van der Waals surface area contributed by atoms with E-state index in [9.17, 15) is 14.9 Å². The van der Waals surface area contributed by atoms with Gasteiger partial charge in [-0.05, 0) is 50.5 Å². The summed E-state index contributed by atoms with van der Waals surface area (Å²) >= 11 is 0. The van der Waals surface area contributed by atoms with Gasteiger partial charge in [0, 0.05) is 28.5 Å². The largest absolute Gasteiger partial charge is 0.463 e. The van der Waals surface area contributed by atoms with Crippen LogP contribution < -0.4 is 10.6 Å². The first-order valence-corrected chi connectivity index (χ1v) is 9.53. The van der Waals surface area contributed by atoms with Crippen LogP contribution in [0.4, 0.5) is 0 Å². The Morgan fingerprint density at radius 1 is 1.21 bits per heavy atom. The van der Waals surface area contributed by atoms with Gasteiger partial charge < -0.3 is 14.0 Å². The molecule has 3 rings (SSSR count). The minimum atomic E-state index is -0.369. The summed E-state index contributed by atoms with van der Waals surface area (Å²) in [6.45, 7) is 4.20. The van der Waals surface area contributed by atoms with Crippen molar-refractivity contribution < 1.29 is 19.1 Å². The lowest BCUT2D eigenvalue weighted by Gasteiger charge is -2.10. The highest BCUT2D eigenvalue weighted by Gasteiger charge is 2.14. The fourth-order valence-electron chi connectivity index (χ4n) is 3.25. The molecule has 2 aromatic rings. The molecule has 6 nitrogen and oxygen atoms in total. The number of hydrogen-bond acceptors (Lipinski definition) is 5. The number of aromatic nitrogens is 1. The van der Waals surface area contributed by atoms with E-state index in [1.54, 1.807) is 38.3 Å². The van der Waals surface area contributed by atoms with Gasteiger partial charge in [-0.25, -0.2) is 9.59 Å². The number of nitriles is 1. The molecule has 0 N–H and O–H groups in total. The Morgan fingerprint density at radius 2 is 1.93 bits per heavy atom. The molecule has 1 atom stereocenters. The average Bonchev–Trinajstić information content (AvgIpc) is 3.11. The van der Waals surface area contributed by atoms with Crippen molar-refractivity contribution in [3.8, 4) is 11.8 Å². The molecule has 0 saturated carbocycles. The Kier molecular flexibility index (Phi) is 6.30. The van der Waals surface area contributed by atoms with Gasteiger partial charge in [0.05, 0.1) is 24.3 Å². The van der Waals surface area contributed by atoms with Crippen molar-refractivity contribution in [2.24, 2.45) is 5.92 Å². The first-order chi connectivity index (χ1) is 14.1. The second-order valence-electron chi connectivity index (χ2n) is 6.47.